The molecule has 15 heavy (non-hydrogen) atoms. The van der Waals surface area contributed by atoms with Gasteiger partial charge in [0.2, 0.25) is 0 Å². The Hall–Kier alpha value is -0.430. The molecule has 4 nitrogen and oxygen atoms in total. The molecule has 1 fully saturated rings. The second-order valence-electron chi connectivity index (χ2n) is 3.56. The summed E-state index contributed by atoms with van der Waals surface area (Å²) in [5, 5.41) is 2.01. The van der Waals surface area contributed by atoms with E-state index >= 15 is 0 Å². The molecule has 0 aliphatic carbocycles. The van der Waals surface area contributed by atoms with Crippen LogP contribution in [0.4, 0.5) is 0 Å². The summed E-state index contributed by atoms with van der Waals surface area (Å²) in [7, 11) is -1.51. The minimum atomic E-state index is -3.15. The van der Waals surface area contributed by atoms with Crippen molar-refractivity contribution in [1.82, 2.24) is 8.61 Å². The first-order valence-corrected chi connectivity index (χ1v) is 7.12. The van der Waals surface area contributed by atoms with Gasteiger partial charge >= 0.3 is 0 Å². The van der Waals surface area contributed by atoms with Gasteiger partial charge in [-0.05, 0) is 17.9 Å². The van der Waals surface area contributed by atoms with Crippen molar-refractivity contribution in [3.05, 3.63) is 22.4 Å². The second kappa shape index (κ2) is 4.21. The minimum Gasteiger partial charge on any atom is -0.195 e. The summed E-state index contributed by atoms with van der Waals surface area (Å²) in [5.41, 5.74) is 0. The maximum absolute atomic E-state index is 11.7. The third-order valence-electron chi connectivity index (χ3n) is 2.38. The Morgan fingerprint density at radius 3 is 2.80 bits per heavy atom. The molecule has 84 valence electrons. The molecule has 0 N–H and O–H groups in total. The molecule has 0 radical (unpaired) electrons. The molecule has 1 aromatic rings. The first-order chi connectivity index (χ1) is 7.10. The molecule has 0 aromatic carbocycles. The summed E-state index contributed by atoms with van der Waals surface area (Å²) >= 11 is 1.66. The topological polar surface area (TPSA) is 40.4 Å². The van der Waals surface area contributed by atoms with Gasteiger partial charge in [0.1, 0.15) is 0 Å². The van der Waals surface area contributed by atoms with Crippen LogP contribution >= 0.6 is 11.3 Å². The van der Waals surface area contributed by atoms with Crippen LogP contribution in [0.3, 0.4) is 0 Å². The quantitative estimate of drug-likeness (QED) is 0.720. The molecular formula is C9H14N2O2S2. The van der Waals surface area contributed by atoms with E-state index < -0.39 is 10.2 Å². The first-order valence-electron chi connectivity index (χ1n) is 4.84. The predicted molar refractivity (Wildman–Crippen MR) is 61.1 cm³/mol. The smallest absolute Gasteiger partial charge is 0.195 e. The molecule has 0 atom stereocenters. The van der Waals surface area contributed by atoms with E-state index in [0.29, 0.717) is 19.6 Å². The van der Waals surface area contributed by atoms with E-state index in [-0.39, 0.29) is 0 Å². The van der Waals surface area contributed by atoms with E-state index in [4.69, 9.17) is 0 Å². The summed E-state index contributed by atoms with van der Waals surface area (Å²) in [6.45, 7) is 1.90. The number of hydrogen-bond acceptors (Lipinski definition) is 3. The van der Waals surface area contributed by atoms with Crippen molar-refractivity contribution in [1.29, 1.82) is 0 Å². The van der Waals surface area contributed by atoms with Crippen molar-refractivity contribution in [2.45, 2.75) is 6.42 Å². The lowest BCUT2D eigenvalue weighted by atomic mass is 10.3. The van der Waals surface area contributed by atoms with Crippen LogP contribution in [0.15, 0.2) is 17.5 Å². The lowest BCUT2D eigenvalue weighted by molar-refractivity contribution is 0.446. The van der Waals surface area contributed by atoms with Crippen molar-refractivity contribution in [3.8, 4) is 0 Å². The Morgan fingerprint density at radius 2 is 2.27 bits per heavy atom. The van der Waals surface area contributed by atoms with Crippen LogP contribution in [0.1, 0.15) is 4.88 Å². The average molecular weight is 246 g/mol. The molecule has 2 heterocycles. The molecule has 2 rings (SSSR count). The highest BCUT2D eigenvalue weighted by Crippen LogP contribution is 2.16. The fourth-order valence-corrected chi connectivity index (χ4v) is 3.26. The predicted octanol–water partition coefficient (Wildman–Crippen LogP) is 0.783. The van der Waals surface area contributed by atoms with Gasteiger partial charge in [0.05, 0.1) is 0 Å². The molecule has 0 saturated carbocycles. The maximum Gasteiger partial charge on any atom is 0.281 e. The number of likely N-dealkylation sites (N-methyl/N-ethyl adjacent to an activating group) is 1. The highest BCUT2D eigenvalue weighted by Gasteiger charge is 2.34. The molecule has 1 saturated heterocycles. The largest absolute Gasteiger partial charge is 0.281 e. The zero-order chi connectivity index (χ0) is 10.9. The SMILES string of the molecule is CN(CCc1cccs1)S(=O)(=O)N1CC1. The van der Waals surface area contributed by atoms with Crippen LogP contribution in [-0.4, -0.2) is 43.7 Å². The third-order valence-corrected chi connectivity index (χ3v) is 5.30. The Kier molecular flexibility index (Phi) is 3.11. The van der Waals surface area contributed by atoms with Crippen LogP contribution in [0.2, 0.25) is 0 Å². The van der Waals surface area contributed by atoms with Gasteiger partial charge in [0.25, 0.3) is 10.2 Å². The van der Waals surface area contributed by atoms with Gasteiger partial charge in [-0.1, -0.05) is 6.07 Å². The first kappa shape index (κ1) is 11.1. The third kappa shape index (κ3) is 2.57. The van der Waals surface area contributed by atoms with E-state index in [2.05, 4.69) is 0 Å². The second-order valence-corrected chi connectivity index (χ2v) is 6.63. The molecule has 6 heteroatoms. The van der Waals surface area contributed by atoms with Gasteiger partial charge in [0, 0.05) is 31.6 Å². The van der Waals surface area contributed by atoms with E-state index in [9.17, 15) is 8.42 Å². The van der Waals surface area contributed by atoms with Gasteiger partial charge in [-0.2, -0.15) is 17.0 Å². The monoisotopic (exact) mass is 246 g/mol. The number of rotatable bonds is 5. The number of thiophene rings is 1. The molecule has 0 bridgehead atoms. The van der Waals surface area contributed by atoms with Gasteiger partial charge in [-0.3, -0.25) is 0 Å². The summed E-state index contributed by atoms with van der Waals surface area (Å²) in [5.74, 6) is 0. The van der Waals surface area contributed by atoms with E-state index in [1.807, 2.05) is 17.5 Å². The van der Waals surface area contributed by atoms with Crippen molar-refractivity contribution in [3.63, 3.8) is 0 Å². The molecular weight excluding hydrogens is 232 g/mol. The van der Waals surface area contributed by atoms with Crippen LogP contribution in [-0.2, 0) is 16.6 Å². The number of hydrogen-bond donors (Lipinski definition) is 0. The summed E-state index contributed by atoms with van der Waals surface area (Å²) < 4.78 is 26.3. The van der Waals surface area contributed by atoms with Crippen molar-refractivity contribution in [2.24, 2.45) is 0 Å². The normalized spacial score (nSPS) is 17.2. The Morgan fingerprint density at radius 1 is 1.53 bits per heavy atom. The average Bonchev–Trinajstić information content (AvgIpc) is 2.94. The van der Waals surface area contributed by atoms with Gasteiger partial charge in [0.15, 0.2) is 0 Å². The summed E-state index contributed by atoms with van der Waals surface area (Å²) in [6.07, 6.45) is 0.793. The van der Waals surface area contributed by atoms with Gasteiger partial charge in [-0.25, -0.2) is 0 Å². The van der Waals surface area contributed by atoms with Crippen LogP contribution < -0.4 is 0 Å². The summed E-state index contributed by atoms with van der Waals surface area (Å²) in [6, 6.07) is 4.02. The standard InChI is InChI=1S/C9H14N2O2S2/c1-10(15(12,13)11-6-7-11)5-4-9-3-2-8-14-9/h2-3,8H,4-7H2,1H3. The molecule has 0 spiro atoms. The van der Waals surface area contributed by atoms with Crippen molar-refractivity contribution < 1.29 is 8.42 Å². The van der Waals surface area contributed by atoms with E-state index in [1.54, 1.807) is 18.4 Å². The Bertz CT molecular complexity index is 409. The Balaban J connectivity index is 1.89. The maximum atomic E-state index is 11.7. The van der Waals surface area contributed by atoms with Gasteiger partial charge in [-0.15, -0.1) is 11.3 Å². The van der Waals surface area contributed by atoms with Crippen LogP contribution in [0.5, 0.6) is 0 Å². The minimum absolute atomic E-state index is 0.555. The van der Waals surface area contributed by atoms with Crippen molar-refractivity contribution in [2.75, 3.05) is 26.7 Å². The lowest BCUT2D eigenvalue weighted by Gasteiger charge is -2.16. The van der Waals surface area contributed by atoms with Crippen molar-refractivity contribution >= 4 is 21.5 Å². The number of nitrogens with zero attached hydrogens (tertiary/aromatic N) is 2. The molecule has 1 aliphatic heterocycles. The molecule has 1 aromatic heterocycles. The highest BCUT2D eigenvalue weighted by atomic mass is 32.2. The van der Waals surface area contributed by atoms with Crippen LogP contribution in [0.25, 0.3) is 0 Å². The fraction of sp³-hybridized carbons (Fsp3) is 0.556. The molecule has 1 aliphatic rings. The van der Waals surface area contributed by atoms with Crippen LogP contribution in [0, 0.1) is 0 Å². The highest BCUT2D eigenvalue weighted by molar-refractivity contribution is 7.87. The van der Waals surface area contributed by atoms with E-state index in [0.717, 1.165) is 6.42 Å². The van der Waals surface area contributed by atoms with E-state index in [1.165, 1.54) is 13.5 Å². The zero-order valence-corrected chi connectivity index (χ0v) is 10.2. The molecule has 0 unspecified atom stereocenters. The fourth-order valence-electron chi connectivity index (χ4n) is 1.31. The zero-order valence-electron chi connectivity index (χ0n) is 8.59. The lowest BCUT2D eigenvalue weighted by Crippen LogP contribution is -2.33. The molecule has 0 amide bonds. The summed E-state index contributed by atoms with van der Waals surface area (Å²) in [4.78, 5) is 1.22. The Labute approximate surface area is 94.3 Å². The van der Waals surface area contributed by atoms with Gasteiger partial charge < -0.3 is 0 Å².